The monoisotopic (exact) mass is 205 g/mol. The maximum atomic E-state index is 3.55. The minimum absolute atomic E-state index is 0.476. The van der Waals surface area contributed by atoms with E-state index < -0.39 is 0 Å². The third kappa shape index (κ3) is 1.73. The van der Waals surface area contributed by atoms with Crippen LogP contribution in [0.15, 0.2) is 0 Å². The Labute approximate surface area is 71.7 Å². The van der Waals surface area contributed by atoms with Crippen molar-refractivity contribution in [1.82, 2.24) is 5.32 Å². The second-order valence-corrected chi connectivity index (χ2v) is 4.37. The zero-order valence-corrected chi connectivity index (χ0v) is 8.37. The predicted octanol–water partition coefficient (Wildman–Crippen LogP) is 2.02. The van der Waals surface area contributed by atoms with E-state index in [0.717, 1.165) is 11.2 Å². The third-order valence-corrected chi connectivity index (χ3v) is 3.96. The smallest absolute Gasteiger partial charge is 0.00858 e. The van der Waals surface area contributed by atoms with Crippen molar-refractivity contribution in [2.45, 2.75) is 20.3 Å². The molecule has 1 aliphatic rings. The first-order valence-electron chi connectivity index (χ1n) is 3.93. The molecule has 60 valence electrons. The van der Waals surface area contributed by atoms with Gasteiger partial charge in [0.2, 0.25) is 0 Å². The van der Waals surface area contributed by atoms with Crippen LogP contribution in [0.3, 0.4) is 0 Å². The summed E-state index contributed by atoms with van der Waals surface area (Å²) in [5.41, 5.74) is 0.476. The first kappa shape index (κ1) is 8.54. The van der Waals surface area contributed by atoms with Gasteiger partial charge in [0.1, 0.15) is 0 Å². The lowest BCUT2D eigenvalue weighted by molar-refractivity contribution is 0.271. The first-order chi connectivity index (χ1) is 4.67. The van der Waals surface area contributed by atoms with Gasteiger partial charge in [0.25, 0.3) is 0 Å². The van der Waals surface area contributed by atoms with Gasteiger partial charge < -0.3 is 5.32 Å². The molecule has 0 aromatic heterocycles. The summed E-state index contributed by atoms with van der Waals surface area (Å²) >= 11 is 3.55. The summed E-state index contributed by atoms with van der Waals surface area (Å²) in [6.07, 6.45) is 1.35. The van der Waals surface area contributed by atoms with Gasteiger partial charge in [-0.1, -0.05) is 29.8 Å². The van der Waals surface area contributed by atoms with Crippen LogP contribution >= 0.6 is 15.9 Å². The van der Waals surface area contributed by atoms with E-state index in [1.807, 2.05) is 0 Å². The molecule has 0 saturated carbocycles. The highest BCUT2D eigenvalue weighted by molar-refractivity contribution is 9.09. The van der Waals surface area contributed by atoms with Crippen LogP contribution < -0.4 is 5.32 Å². The Kier molecular flexibility index (Phi) is 2.75. The molecule has 0 aromatic carbocycles. The number of halogens is 1. The zero-order valence-electron chi connectivity index (χ0n) is 6.78. The second-order valence-electron chi connectivity index (χ2n) is 3.81. The fourth-order valence-corrected chi connectivity index (χ4v) is 1.89. The fraction of sp³-hybridized carbons (Fsp3) is 1.00. The van der Waals surface area contributed by atoms with E-state index in [9.17, 15) is 0 Å². The minimum Gasteiger partial charge on any atom is -0.316 e. The van der Waals surface area contributed by atoms with Crippen molar-refractivity contribution in [3.8, 4) is 0 Å². The van der Waals surface area contributed by atoms with E-state index in [0.29, 0.717) is 5.41 Å². The number of rotatable bonds is 2. The van der Waals surface area contributed by atoms with Crippen LogP contribution in [0, 0.1) is 11.3 Å². The van der Waals surface area contributed by atoms with Crippen LogP contribution in [-0.2, 0) is 0 Å². The Morgan fingerprint density at radius 2 is 2.30 bits per heavy atom. The van der Waals surface area contributed by atoms with Crippen LogP contribution in [0.4, 0.5) is 0 Å². The topological polar surface area (TPSA) is 12.0 Å². The van der Waals surface area contributed by atoms with Gasteiger partial charge in [0, 0.05) is 5.33 Å². The lowest BCUT2D eigenvalue weighted by atomic mass is 9.80. The Balaban J connectivity index is 2.45. The molecule has 0 aromatic rings. The summed E-state index contributed by atoms with van der Waals surface area (Å²) in [5.74, 6) is 0.867. The minimum atomic E-state index is 0.476. The molecule has 0 bridgehead atoms. The van der Waals surface area contributed by atoms with Gasteiger partial charge in [0.05, 0.1) is 0 Å². The molecule has 10 heavy (non-hydrogen) atoms. The molecule has 1 saturated heterocycles. The highest BCUT2D eigenvalue weighted by Crippen LogP contribution is 2.32. The van der Waals surface area contributed by atoms with E-state index in [1.165, 1.54) is 19.5 Å². The van der Waals surface area contributed by atoms with E-state index in [1.54, 1.807) is 0 Å². The largest absolute Gasteiger partial charge is 0.316 e. The molecule has 1 aliphatic heterocycles. The summed E-state index contributed by atoms with van der Waals surface area (Å²) < 4.78 is 0. The summed E-state index contributed by atoms with van der Waals surface area (Å²) in [6, 6.07) is 0. The molecule has 1 fully saturated rings. The predicted molar refractivity (Wildman–Crippen MR) is 48.6 cm³/mol. The van der Waals surface area contributed by atoms with Gasteiger partial charge in [-0.05, 0) is 30.8 Å². The van der Waals surface area contributed by atoms with E-state index in [2.05, 4.69) is 35.1 Å². The van der Waals surface area contributed by atoms with E-state index >= 15 is 0 Å². The summed E-state index contributed by atoms with van der Waals surface area (Å²) in [6.45, 7) is 7.08. The van der Waals surface area contributed by atoms with Crippen LogP contribution in [-0.4, -0.2) is 18.4 Å². The molecule has 1 rings (SSSR count). The molecular weight excluding hydrogens is 190 g/mol. The lowest BCUT2D eigenvalue weighted by Gasteiger charge is -2.28. The maximum absolute atomic E-state index is 3.55. The van der Waals surface area contributed by atoms with Crippen molar-refractivity contribution in [2.24, 2.45) is 11.3 Å². The molecule has 1 heterocycles. The number of nitrogens with one attached hydrogen (secondary N) is 1. The Bertz CT molecular complexity index is 106. The molecule has 1 N–H and O–H groups in total. The number of hydrogen-bond acceptors (Lipinski definition) is 1. The lowest BCUT2D eigenvalue weighted by Crippen LogP contribution is -2.27. The summed E-state index contributed by atoms with van der Waals surface area (Å²) in [4.78, 5) is 0. The third-order valence-electron chi connectivity index (χ3n) is 2.51. The van der Waals surface area contributed by atoms with Crippen molar-refractivity contribution >= 4 is 15.9 Å². The normalized spacial score (nSPS) is 27.3. The van der Waals surface area contributed by atoms with E-state index in [4.69, 9.17) is 0 Å². The molecule has 2 heteroatoms. The van der Waals surface area contributed by atoms with Crippen LogP contribution in [0.5, 0.6) is 0 Å². The average Bonchev–Trinajstić information content (AvgIpc) is 2.38. The molecule has 1 unspecified atom stereocenters. The van der Waals surface area contributed by atoms with Gasteiger partial charge in [-0.2, -0.15) is 0 Å². The van der Waals surface area contributed by atoms with Crippen molar-refractivity contribution in [1.29, 1.82) is 0 Å². The zero-order chi connectivity index (χ0) is 7.61. The van der Waals surface area contributed by atoms with Gasteiger partial charge >= 0.3 is 0 Å². The fourth-order valence-electron chi connectivity index (χ4n) is 1.43. The average molecular weight is 206 g/mol. The van der Waals surface area contributed by atoms with Gasteiger partial charge in [-0.15, -0.1) is 0 Å². The van der Waals surface area contributed by atoms with Crippen molar-refractivity contribution < 1.29 is 0 Å². The summed E-state index contributed by atoms with van der Waals surface area (Å²) in [5, 5.41) is 4.51. The van der Waals surface area contributed by atoms with Crippen molar-refractivity contribution in [3.05, 3.63) is 0 Å². The molecular formula is C8H16BrN. The highest BCUT2D eigenvalue weighted by atomic mass is 79.9. The molecule has 0 spiro atoms. The maximum Gasteiger partial charge on any atom is 0.00858 e. The van der Waals surface area contributed by atoms with Gasteiger partial charge in [0.15, 0.2) is 0 Å². The molecule has 1 atom stereocenters. The molecule has 0 radical (unpaired) electrons. The van der Waals surface area contributed by atoms with Crippen LogP contribution in [0.1, 0.15) is 20.3 Å². The highest BCUT2D eigenvalue weighted by Gasteiger charge is 2.30. The van der Waals surface area contributed by atoms with Gasteiger partial charge in [-0.25, -0.2) is 0 Å². The quantitative estimate of drug-likeness (QED) is 0.681. The standard InChI is InChI=1S/C8H16BrN/c1-8(2,6-9)7-3-4-10-5-7/h7,10H,3-6H2,1-2H3. The first-order valence-corrected chi connectivity index (χ1v) is 5.05. The summed E-state index contributed by atoms with van der Waals surface area (Å²) in [7, 11) is 0. The SMILES string of the molecule is CC(C)(CBr)C1CCNC1. The Morgan fingerprint density at radius 1 is 1.60 bits per heavy atom. The Morgan fingerprint density at radius 3 is 2.70 bits per heavy atom. The van der Waals surface area contributed by atoms with Crippen molar-refractivity contribution in [2.75, 3.05) is 18.4 Å². The molecule has 0 amide bonds. The second kappa shape index (κ2) is 3.22. The number of alkyl halides is 1. The number of hydrogen-bond donors (Lipinski definition) is 1. The van der Waals surface area contributed by atoms with Crippen LogP contribution in [0.2, 0.25) is 0 Å². The van der Waals surface area contributed by atoms with Crippen molar-refractivity contribution in [3.63, 3.8) is 0 Å². The van der Waals surface area contributed by atoms with E-state index in [-0.39, 0.29) is 0 Å². The van der Waals surface area contributed by atoms with Gasteiger partial charge in [-0.3, -0.25) is 0 Å². The Hall–Kier alpha value is 0.440. The molecule has 1 nitrogen and oxygen atoms in total. The molecule has 0 aliphatic carbocycles. The van der Waals surface area contributed by atoms with Crippen LogP contribution in [0.25, 0.3) is 0 Å².